The van der Waals surface area contributed by atoms with Gasteiger partial charge in [0.25, 0.3) is 5.91 Å². The number of carbonyl (C=O) groups is 1. The fourth-order valence-corrected chi connectivity index (χ4v) is 2.48. The third-order valence-corrected chi connectivity index (χ3v) is 3.78. The van der Waals surface area contributed by atoms with E-state index in [-0.39, 0.29) is 17.2 Å². The van der Waals surface area contributed by atoms with E-state index >= 15 is 0 Å². The maximum Gasteiger partial charge on any atom is 0.257 e. The molecule has 0 fully saturated rings. The van der Waals surface area contributed by atoms with Crippen molar-refractivity contribution in [3.8, 4) is 5.75 Å². The summed E-state index contributed by atoms with van der Waals surface area (Å²) in [5.41, 5.74) is 0.118. The van der Waals surface area contributed by atoms with Crippen molar-refractivity contribution in [2.24, 2.45) is 0 Å². The van der Waals surface area contributed by atoms with Gasteiger partial charge in [-0.05, 0) is 19.1 Å². The van der Waals surface area contributed by atoms with E-state index in [1.165, 1.54) is 23.5 Å². The largest absolute Gasteiger partial charge is 0.507 e. The van der Waals surface area contributed by atoms with Crippen molar-refractivity contribution < 1.29 is 14.3 Å². The molecule has 0 aliphatic heterocycles. The highest BCUT2D eigenvalue weighted by Crippen LogP contribution is 2.20. The highest BCUT2D eigenvalue weighted by molar-refractivity contribution is 7.09. The van der Waals surface area contributed by atoms with Crippen LogP contribution in [0.25, 0.3) is 0 Å². The van der Waals surface area contributed by atoms with Gasteiger partial charge in [-0.3, -0.25) is 4.79 Å². The van der Waals surface area contributed by atoms with Gasteiger partial charge in [0.1, 0.15) is 11.6 Å². The summed E-state index contributed by atoms with van der Waals surface area (Å²) in [6.45, 7) is 2.89. The Labute approximate surface area is 120 Å². The zero-order valence-corrected chi connectivity index (χ0v) is 11.9. The molecule has 0 spiro atoms. The number of phenols is 1. The van der Waals surface area contributed by atoms with Crippen LogP contribution in [-0.4, -0.2) is 34.0 Å². The fourth-order valence-electron chi connectivity index (χ4n) is 1.87. The Balaban J connectivity index is 2.08. The molecule has 6 heteroatoms. The first-order valence-electron chi connectivity index (χ1n) is 6.28. The molecule has 0 saturated carbocycles. The average molecular weight is 294 g/mol. The lowest BCUT2D eigenvalue weighted by Gasteiger charge is -2.20. The summed E-state index contributed by atoms with van der Waals surface area (Å²) in [7, 11) is 0. The molecule has 20 heavy (non-hydrogen) atoms. The van der Waals surface area contributed by atoms with E-state index in [0.717, 1.165) is 11.1 Å². The molecule has 2 aromatic rings. The minimum atomic E-state index is -0.565. The minimum Gasteiger partial charge on any atom is -0.507 e. The number of hydrogen-bond donors (Lipinski definition) is 1. The lowest BCUT2D eigenvalue weighted by molar-refractivity contribution is 0.0763. The van der Waals surface area contributed by atoms with Crippen molar-refractivity contribution in [3.05, 3.63) is 46.2 Å². The summed E-state index contributed by atoms with van der Waals surface area (Å²) in [5, 5.41) is 12.5. The molecule has 0 saturated heterocycles. The number of aromatic nitrogens is 1. The van der Waals surface area contributed by atoms with Crippen molar-refractivity contribution in [2.45, 2.75) is 13.3 Å². The Morgan fingerprint density at radius 3 is 2.90 bits per heavy atom. The second-order valence-corrected chi connectivity index (χ2v) is 5.20. The Bertz CT molecular complexity index is 587. The maximum absolute atomic E-state index is 12.9. The first kappa shape index (κ1) is 14.5. The molecule has 1 heterocycles. The molecule has 0 bridgehead atoms. The van der Waals surface area contributed by atoms with E-state index in [0.29, 0.717) is 19.5 Å². The van der Waals surface area contributed by atoms with E-state index in [2.05, 4.69) is 4.98 Å². The standard InChI is InChI=1S/C14H15FN2O2S/c1-2-17(7-5-13-16-6-8-20-13)14(19)11-4-3-10(15)9-12(11)18/h3-4,6,8-9,18H,2,5,7H2,1H3. The molecule has 1 aromatic carbocycles. The van der Waals surface area contributed by atoms with Crippen LogP contribution in [0.3, 0.4) is 0 Å². The fraction of sp³-hybridized carbons (Fsp3) is 0.286. The lowest BCUT2D eigenvalue weighted by atomic mass is 10.1. The van der Waals surface area contributed by atoms with Crippen molar-refractivity contribution in [1.29, 1.82) is 0 Å². The molecule has 0 aliphatic rings. The van der Waals surface area contributed by atoms with Crippen LogP contribution in [0.5, 0.6) is 5.75 Å². The number of likely N-dealkylation sites (N-methyl/N-ethyl adjacent to an activating group) is 1. The number of hydrogen-bond acceptors (Lipinski definition) is 4. The summed E-state index contributed by atoms with van der Waals surface area (Å²) >= 11 is 1.54. The van der Waals surface area contributed by atoms with Gasteiger partial charge in [-0.1, -0.05) is 0 Å². The number of rotatable bonds is 5. The Kier molecular flexibility index (Phi) is 4.68. The van der Waals surface area contributed by atoms with Gasteiger partial charge in [-0.25, -0.2) is 9.37 Å². The predicted octanol–water partition coefficient (Wildman–Crippen LogP) is 2.69. The molecule has 0 radical (unpaired) electrons. The topological polar surface area (TPSA) is 53.4 Å². The molecule has 2 rings (SSSR count). The van der Waals surface area contributed by atoms with Crippen LogP contribution >= 0.6 is 11.3 Å². The molecule has 1 aromatic heterocycles. The first-order chi connectivity index (χ1) is 9.61. The van der Waals surface area contributed by atoms with Crippen molar-refractivity contribution in [2.75, 3.05) is 13.1 Å². The van der Waals surface area contributed by atoms with Crippen LogP contribution in [0, 0.1) is 5.82 Å². The summed E-state index contributed by atoms with van der Waals surface area (Å²) in [6.07, 6.45) is 2.39. The number of nitrogens with zero attached hydrogens (tertiary/aromatic N) is 2. The van der Waals surface area contributed by atoms with Gasteiger partial charge in [-0.2, -0.15) is 0 Å². The van der Waals surface area contributed by atoms with Crippen LogP contribution in [0.4, 0.5) is 4.39 Å². The first-order valence-corrected chi connectivity index (χ1v) is 7.16. The molecule has 106 valence electrons. The number of benzene rings is 1. The van der Waals surface area contributed by atoms with Crippen LogP contribution in [0.1, 0.15) is 22.3 Å². The van der Waals surface area contributed by atoms with Gasteiger partial charge in [0.15, 0.2) is 0 Å². The zero-order chi connectivity index (χ0) is 14.5. The molecule has 0 unspecified atom stereocenters. The van der Waals surface area contributed by atoms with E-state index in [9.17, 15) is 14.3 Å². The van der Waals surface area contributed by atoms with E-state index < -0.39 is 5.82 Å². The molecular formula is C14H15FN2O2S. The molecule has 0 aliphatic carbocycles. The van der Waals surface area contributed by atoms with Gasteiger partial charge >= 0.3 is 0 Å². The third-order valence-electron chi connectivity index (χ3n) is 2.94. The van der Waals surface area contributed by atoms with Crippen molar-refractivity contribution in [1.82, 2.24) is 9.88 Å². The number of halogens is 1. The van der Waals surface area contributed by atoms with E-state index in [1.807, 2.05) is 12.3 Å². The molecule has 1 N–H and O–H groups in total. The normalized spacial score (nSPS) is 10.5. The van der Waals surface area contributed by atoms with Crippen LogP contribution in [0.15, 0.2) is 29.8 Å². The molecule has 1 amide bonds. The maximum atomic E-state index is 12.9. The Morgan fingerprint density at radius 2 is 2.30 bits per heavy atom. The Morgan fingerprint density at radius 1 is 1.50 bits per heavy atom. The highest BCUT2D eigenvalue weighted by atomic mass is 32.1. The summed E-state index contributed by atoms with van der Waals surface area (Å²) in [6, 6.07) is 3.42. The summed E-state index contributed by atoms with van der Waals surface area (Å²) in [5.74, 6) is -1.20. The minimum absolute atomic E-state index is 0.118. The van der Waals surface area contributed by atoms with Crippen molar-refractivity contribution in [3.63, 3.8) is 0 Å². The second-order valence-electron chi connectivity index (χ2n) is 4.22. The number of thiazole rings is 1. The highest BCUT2D eigenvalue weighted by Gasteiger charge is 2.18. The molecule has 0 atom stereocenters. The number of aromatic hydroxyl groups is 1. The number of phenolic OH excluding ortho intramolecular Hbond substituents is 1. The van der Waals surface area contributed by atoms with Gasteiger partial charge in [-0.15, -0.1) is 11.3 Å². The number of amides is 1. The molecule has 4 nitrogen and oxygen atoms in total. The van der Waals surface area contributed by atoms with Crippen LogP contribution in [0.2, 0.25) is 0 Å². The predicted molar refractivity (Wildman–Crippen MR) is 75.5 cm³/mol. The van der Waals surface area contributed by atoms with Crippen LogP contribution < -0.4 is 0 Å². The Hall–Kier alpha value is -1.95. The van der Waals surface area contributed by atoms with Gasteiger partial charge < -0.3 is 10.0 Å². The van der Waals surface area contributed by atoms with Gasteiger partial charge in [0, 0.05) is 37.2 Å². The number of carbonyl (C=O) groups excluding carboxylic acids is 1. The zero-order valence-electron chi connectivity index (χ0n) is 11.0. The molecular weight excluding hydrogens is 279 g/mol. The lowest BCUT2D eigenvalue weighted by Crippen LogP contribution is -2.32. The average Bonchev–Trinajstić information content (AvgIpc) is 2.92. The second kappa shape index (κ2) is 6.47. The van der Waals surface area contributed by atoms with Gasteiger partial charge in [0.05, 0.1) is 10.6 Å². The van der Waals surface area contributed by atoms with Crippen molar-refractivity contribution >= 4 is 17.2 Å². The smallest absolute Gasteiger partial charge is 0.257 e. The van der Waals surface area contributed by atoms with E-state index in [1.54, 1.807) is 11.1 Å². The summed E-state index contributed by atoms with van der Waals surface area (Å²) < 4.78 is 12.9. The third kappa shape index (κ3) is 3.33. The monoisotopic (exact) mass is 294 g/mol. The quantitative estimate of drug-likeness (QED) is 0.922. The van der Waals surface area contributed by atoms with Crippen LogP contribution in [-0.2, 0) is 6.42 Å². The van der Waals surface area contributed by atoms with Gasteiger partial charge in [0.2, 0.25) is 0 Å². The summed E-state index contributed by atoms with van der Waals surface area (Å²) in [4.78, 5) is 18.1. The van der Waals surface area contributed by atoms with E-state index in [4.69, 9.17) is 0 Å². The SMILES string of the molecule is CCN(CCc1nccs1)C(=O)c1ccc(F)cc1O.